The van der Waals surface area contributed by atoms with Crippen LogP contribution in [0.1, 0.15) is 18.4 Å². The fraction of sp³-hybridized carbons (Fsp3) is 0.312. The standard InChI is InChI=1S/C16H14F3N7O2/c17-16(18,19)10-7-11-13(8-12(10)25-6-4-21-9-25)26(15(28)14(27)23-11)5-2-1-3-22-24-20/h4,6-9H,1-3,5H2,(H,23,27). The first-order chi connectivity index (χ1) is 13.3. The number of hydrogen-bond acceptors (Lipinski definition) is 4. The number of benzene rings is 1. The van der Waals surface area contributed by atoms with E-state index in [2.05, 4.69) is 20.0 Å². The van der Waals surface area contributed by atoms with Crippen LogP contribution in [-0.4, -0.2) is 25.6 Å². The maximum atomic E-state index is 13.5. The number of fused-ring (bicyclic) bond motifs is 1. The van der Waals surface area contributed by atoms with Crippen LogP contribution in [0.5, 0.6) is 0 Å². The predicted octanol–water partition coefficient (Wildman–Crippen LogP) is 2.98. The van der Waals surface area contributed by atoms with Gasteiger partial charge < -0.3 is 14.1 Å². The average Bonchev–Trinajstić information content (AvgIpc) is 3.17. The molecular formula is C16H14F3N7O2. The van der Waals surface area contributed by atoms with Crippen molar-refractivity contribution >= 4 is 11.0 Å². The van der Waals surface area contributed by atoms with E-state index in [4.69, 9.17) is 5.53 Å². The van der Waals surface area contributed by atoms with E-state index in [-0.39, 0.29) is 29.8 Å². The molecule has 0 bridgehead atoms. The van der Waals surface area contributed by atoms with Gasteiger partial charge in [-0.05, 0) is 30.5 Å². The van der Waals surface area contributed by atoms with E-state index in [9.17, 15) is 22.8 Å². The molecule has 3 aromatic rings. The van der Waals surface area contributed by atoms with Crippen LogP contribution in [0, 0.1) is 0 Å². The van der Waals surface area contributed by atoms with Crippen molar-refractivity contribution in [1.29, 1.82) is 0 Å². The number of hydrogen-bond donors (Lipinski definition) is 1. The highest BCUT2D eigenvalue weighted by Gasteiger charge is 2.35. The summed E-state index contributed by atoms with van der Waals surface area (Å²) in [6.07, 6.45) is 0.0779. The van der Waals surface area contributed by atoms with Gasteiger partial charge in [-0.2, -0.15) is 13.2 Å². The Hall–Kier alpha value is -3.53. The van der Waals surface area contributed by atoms with Gasteiger partial charge in [0.15, 0.2) is 0 Å². The van der Waals surface area contributed by atoms with Gasteiger partial charge in [-0.3, -0.25) is 9.59 Å². The Morgan fingerprint density at radius 1 is 1.25 bits per heavy atom. The van der Waals surface area contributed by atoms with Gasteiger partial charge in [0.1, 0.15) is 0 Å². The molecule has 2 aromatic heterocycles. The highest BCUT2D eigenvalue weighted by molar-refractivity contribution is 5.79. The zero-order valence-corrected chi connectivity index (χ0v) is 14.3. The molecule has 9 nitrogen and oxygen atoms in total. The molecule has 0 fully saturated rings. The molecule has 2 heterocycles. The molecule has 0 amide bonds. The largest absolute Gasteiger partial charge is 0.418 e. The second kappa shape index (κ2) is 7.61. The molecule has 1 aromatic carbocycles. The van der Waals surface area contributed by atoms with E-state index < -0.39 is 22.9 Å². The summed E-state index contributed by atoms with van der Waals surface area (Å²) in [5.41, 5.74) is 5.27. The highest BCUT2D eigenvalue weighted by atomic mass is 19.4. The highest BCUT2D eigenvalue weighted by Crippen LogP contribution is 2.35. The first-order valence-electron chi connectivity index (χ1n) is 8.20. The summed E-state index contributed by atoms with van der Waals surface area (Å²) in [7, 11) is 0. The summed E-state index contributed by atoms with van der Waals surface area (Å²) >= 11 is 0. The number of unbranched alkanes of at least 4 members (excludes halogenated alkanes) is 1. The van der Waals surface area contributed by atoms with E-state index in [1.807, 2.05) is 0 Å². The number of nitrogens with one attached hydrogen (secondary N) is 1. The summed E-state index contributed by atoms with van der Waals surface area (Å²) in [6, 6.07) is 2.01. The van der Waals surface area contributed by atoms with E-state index in [1.165, 1.54) is 29.4 Å². The maximum absolute atomic E-state index is 13.5. The van der Waals surface area contributed by atoms with Gasteiger partial charge in [0, 0.05) is 30.4 Å². The van der Waals surface area contributed by atoms with E-state index >= 15 is 0 Å². The Labute approximate surface area is 154 Å². The van der Waals surface area contributed by atoms with Crippen LogP contribution >= 0.6 is 0 Å². The number of azide groups is 1. The summed E-state index contributed by atoms with van der Waals surface area (Å²) in [6.45, 7) is 0.305. The third kappa shape index (κ3) is 3.76. The number of aromatic nitrogens is 4. The summed E-state index contributed by atoms with van der Waals surface area (Å²) in [4.78, 5) is 32.8. The van der Waals surface area contributed by atoms with Crippen molar-refractivity contribution < 1.29 is 13.2 Å². The Morgan fingerprint density at radius 3 is 2.68 bits per heavy atom. The first kappa shape index (κ1) is 19.2. The van der Waals surface area contributed by atoms with E-state index in [0.29, 0.717) is 12.8 Å². The van der Waals surface area contributed by atoms with Crippen molar-refractivity contribution in [2.75, 3.05) is 6.54 Å². The summed E-state index contributed by atoms with van der Waals surface area (Å²) in [5, 5.41) is 3.38. The molecule has 1 N–H and O–H groups in total. The first-order valence-corrected chi connectivity index (χ1v) is 8.20. The van der Waals surface area contributed by atoms with Crippen LogP contribution in [0.2, 0.25) is 0 Å². The second-order valence-electron chi connectivity index (χ2n) is 5.93. The fourth-order valence-electron chi connectivity index (χ4n) is 2.87. The number of H-pyrrole nitrogens is 1. The van der Waals surface area contributed by atoms with Gasteiger partial charge in [0.05, 0.1) is 28.6 Å². The monoisotopic (exact) mass is 393 g/mol. The lowest BCUT2D eigenvalue weighted by atomic mass is 10.1. The van der Waals surface area contributed by atoms with Crippen molar-refractivity contribution in [1.82, 2.24) is 19.1 Å². The Balaban J connectivity index is 2.19. The number of aryl methyl sites for hydroxylation is 1. The van der Waals surface area contributed by atoms with Gasteiger partial charge in [-0.25, -0.2) is 4.98 Å². The number of rotatable bonds is 6. The molecule has 0 atom stereocenters. The molecule has 146 valence electrons. The fourth-order valence-corrected chi connectivity index (χ4v) is 2.87. The van der Waals surface area contributed by atoms with Crippen molar-refractivity contribution in [3.05, 3.63) is 67.6 Å². The molecule has 12 heteroatoms. The van der Waals surface area contributed by atoms with Crippen molar-refractivity contribution in [2.24, 2.45) is 5.11 Å². The molecular weight excluding hydrogens is 379 g/mol. The quantitative estimate of drug-likeness (QED) is 0.228. The molecule has 0 saturated carbocycles. The van der Waals surface area contributed by atoms with Gasteiger partial charge >= 0.3 is 17.3 Å². The van der Waals surface area contributed by atoms with Crippen LogP contribution in [-0.2, 0) is 12.7 Å². The lowest BCUT2D eigenvalue weighted by Gasteiger charge is -2.17. The van der Waals surface area contributed by atoms with Gasteiger partial charge in [-0.1, -0.05) is 5.11 Å². The number of aromatic amines is 1. The molecule has 0 unspecified atom stereocenters. The predicted molar refractivity (Wildman–Crippen MR) is 94.2 cm³/mol. The minimum absolute atomic E-state index is 0.0922. The lowest BCUT2D eigenvalue weighted by molar-refractivity contribution is -0.137. The maximum Gasteiger partial charge on any atom is 0.418 e. The smallest absolute Gasteiger partial charge is 0.316 e. The number of nitrogens with zero attached hydrogens (tertiary/aromatic N) is 6. The molecule has 0 aliphatic carbocycles. The van der Waals surface area contributed by atoms with Crippen molar-refractivity contribution in [3.63, 3.8) is 0 Å². The van der Waals surface area contributed by atoms with Crippen molar-refractivity contribution in [2.45, 2.75) is 25.6 Å². The van der Waals surface area contributed by atoms with Crippen LogP contribution in [0.4, 0.5) is 13.2 Å². The van der Waals surface area contributed by atoms with Crippen LogP contribution < -0.4 is 11.1 Å². The SMILES string of the molecule is [N-]=[N+]=NCCCCn1c(=O)c(=O)[nH]c2cc(C(F)(F)F)c(-n3ccnc3)cc21. The minimum Gasteiger partial charge on any atom is -0.316 e. The molecule has 0 radical (unpaired) electrons. The van der Waals surface area contributed by atoms with Crippen LogP contribution in [0.25, 0.3) is 27.2 Å². The molecule has 3 rings (SSSR count). The Kier molecular flexibility index (Phi) is 5.23. The molecule has 0 aliphatic heterocycles. The normalized spacial score (nSPS) is 11.5. The minimum atomic E-state index is -4.68. The molecule has 28 heavy (non-hydrogen) atoms. The molecule has 0 saturated heterocycles. The van der Waals surface area contributed by atoms with Crippen molar-refractivity contribution in [3.8, 4) is 5.69 Å². The summed E-state index contributed by atoms with van der Waals surface area (Å²) in [5.74, 6) is 0. The molecule has 0 aliphatic rings. The third-order valence-electron chi connectivity index (χ3n) is 4.13. The zero-order chi connectivity index (χ0) is 20.3. The number of halogens is 3. The topological polar surface area (TPSA) is 121 Å². The number of alkyl halides is 3. The Morgan fingerprint density at radius 2 is 2.04 bits per heavy atom. The lowest BCUT2D eigenvalue weighted by Crippen LogP contribution is -2.36. The third-order valence-corrected chi connectivity index (χ3v) is 4.13. The van der Waals surface area contributed by atoms with Gasteiger partial charge in [0.25, 0.3) is 0 Å². The zero-order valence-electron chi connectivity index (χ0n) is 14.3. The van der Waals surface area contributed by atoms with E-state index in [0.717, 1.165) is 10.6 Å². The summed E-state index contributed by atoms with van der Waals surface area (Å²) < 4.78 is 42.9. The molecule has 0 spiro atoms. The van der Waals surface area contributed by atoms with Crippen LogP contribution in [0.3, 0.4) is 0 Å². The number of imidazole rings is 1. The average molecular weight is 393 g/mol. The van der Waals surface area contributed by atoms with Crippen LogP contribution in [0.15, 0.2) is 45.6 Å². The second-order valence-corrected chi connectivity index (χ2v) is 5.93. The van der Waals surface area contributed by atoms with Gasteiger partial charge in [0.2, 0.25) is 0 Å². The van der Waals surface area contributed by atoms with E-state index in [1.54, 1.807) is 0 Å². The Bertz CT molecular complexity index is 1160. The van der Waals surface area contributed by atoms with Gasteiger partial charge in [-0.15, -0.1) is 0 Å².